The molecule has 1 aliphatic rings. The quantitative estimate of drug-likeness (QED) is 0.842. The van der Waals surface area contributed by atoms with Gasteiger partial charge < -0.3 is 20.1 Å². The second kappa shape index (κ2) is 7.94. The molecule has 1 aromatic carbocycles. The van der Waals surface area contributed by atoms with Crippen molar-refractivity contribution >= 4 is 6.03 Å². The number of nitrogens with one attached hydrogen (secondary N) is 2. The summed E-state index contributed by atoms with van der Waals surface area (Å²) in [6, 6.07) is 3.26. The first kappa shape index (κ1) is 17.2. The van der Waals surface area contributed by atoms with Gasteiger partial charge in [0.15, 0.2) is 0 Å². The van der Waals surface area contributed by atoms with Crippen LogP contribution in [-0.2, 0) is 6.54 Å². The van der Waals surface area contributed by atoms with Gasteiger partial charge in [-0.05, 0) is 37.5 Å². The lowest BCUT2D eigenvalue weighted by molar-refractivity contribution is -0.0505. The number of hydrogen-bond acceptors (Lipinski definition) is 3. The molecule has 1 saturated carbocycles. The van der Waals surface area contributed by atoms with Crippen LogP contribution in [0.25, 0.3) is 0 Å². The number of carbonyl (C=O) groups excluding carboxylic acids is 1. The highest BCUT2D eigenvalue weighted by Crippen LogP contribution is 2.26. The normalized spacial score (nSPS) is 20.4. The molecule has 0 radical (unpaired) electrons. The SMILES string of the molecule is COc1ccc(OC(F)F)c(CNC(=O)N[C@H]2CCC[C@H]2F)c1. The van der Waals surface area contributed by atoms with Gasteiger partial charge in [-0.1, -0.05) is 0 Å². The number of hydrogen-bond donors (Lipinski definition) is 2. The lowest BCUT2D eigenvalue weighted by Crippen LogP contribution is -2.44. The molecule has 2 rings (SSSR count). The van der Waals surface area contributed by atoms with Gasteiger partial charge in [0, 0.05) is 12.1 Å². The number of alkyl halides is 3. The zero-order valence-electron chi connectivity index (χ0n) is 12.7. The van der Waals surface area contributed by atoms with Crippen LogP contribution in [0.3, 0.4) is 0 Å². The van der Waals surface area contributed by atoms with Gasteiger partial charge in [-0.25, -0.2) is 9.18 Å². The molecule has 0 bridgehead atoms. The van der Waals surface area contributed by atoms with Gasteiger partial charge in [-0.3, -0.25) is 0 Å². The number of carbonyl (C=O) groups is 1. The summed E-state index contributed by atoms with van der Waals surface area (Å²) in [7, 11) is 1.44. The van der Waals surface area contributed by atoms with Gasteiger partial charge in [0.05, 0.1) is 13.2 Å². The lowest BCUT2D eigenvalue weighted by atomic mass is 10.2. The Morgan fingerprint density at radius 1 is 1.39 bits per heavy atom. The van der Waals surface area contributed by atoms with E-state index in [1.54, 1.807) is 0 Å². The van der Waals surface area contributed by atoms with Crippen LogP contribution >= 0.6 is 0 Å². The third kappa shape index (κ3) is 4.94. The van der Waals surface area contributed by atoms with Gasteiger partial charge in [0.2, 0.25) is 0 Å². The van der Waals surface area contributed by atoms with E-state index in [9.17, 15) is 18.0 Å². The second-order valence-corrected chi connectivity index (χ2v) is 5.23. The minimum absolute atomic E-state index is 0.0469. The van der Waals surface area contributed by atoms with Crippen LogP contribution < -0.4 is 20.1 Å². The first-order valence-corrected chi connectivity index (χ1v) is 7.29. The number of benzene rings is 1. The Hall–Kier alpha value is -2.12. The number of urea groups is 1. The van der Waals surface area contributed by atoms with Gasteiger partial charge in [-0.15, -0.1) is 0 Å². The molecule has 0 heterocycles. The fraction of sp³-hybridized carbons (Fsp3) is 0.533. The Bertz CT molecular complexity index is 543. The van der Waals surface area contributed by atoms with Crippen LogP contribution in [0.15, 0.2) is 18.2 Å². The van der Waals surface area contributed by atoms with Crippen LogP contribution in [0.1, 0.15) is 24.8 Å². The highest BCUT2D eigenvalue weighted by molar-refractivity contribution is 5.74. The average Bonchev–Trinajstić information content (AvgIpc) is 2.91. The van der Waals surface area contributed by atoms with E-state index in [1.807, 2.05) is 0 Å². The van der Waals surface area contributed by atoms with E-state index >= 15 is 0 Å². The predicted molar refractivity (Wildman–Crippen MR) is 77.5 cm³/mol. The molecule has 1 aliphatic carbocycles. The summed E-state index contributed by atoms with van der Waals surface area (Å²) in [6.45, 7) is -3.02. The van der Waals surface area contributed by atoms with E-state index in [2.05, 4.69) is 15.4 Å². The minimum Gasteiger partial charge on any atom is -0.497 e. The summed E-state index contributed by atoms with van der Waals surface area (Å²) in [4.78, 5) is 11.8. The van der Waals surface area contributed by atoms with Crippen LogP contribution in [0.4, 0.5) is 18.0 Å². The Morgan fingerprint density at radius 2 is 2.17 bits per heavy atom. The molecule has 2 amide bonds. The van der Waals surface area contributed by atoms with Crippen molar-refractivity contribution in [3.8, 4) is 11.5 Å². The van der Waals surface area contributed by atoms with Crippen LogP contribution in [0.5, 0.6) is 11.5 Å². The molecule has 2 atom stereocenters. The Balaban J connectivity index is 1.96. The summed E-state index contributed by atoms with van der Waals surface area (Å²) in [5.74, 6) is 0.397. The average molecular weight is 332 g/mol. The fourth-order valence-electron chi connectivity index (χ4n) is 2.50. The number of ether oxygens (including phenoxy) is 2. The van der Waals surface area contributed by atoms with Crippen molar-refractivity contribution in [1.82, 2.24) is 10.6 Å². The molecular formula is C15H19F3N2O3. The first-order valence-electron chi connectivity index (χ1n) is 7.29. The maximum Gasteiger partial charge on any atom is 0.387 e. The van der Waals surface area contributed by atoms with E-state index < -0.39 is 24.9 Å². The molecule has 0 saturated heterocycles. The van der Waals surface area contributed by atoms with Crippen molar-refractivity contribution in [3.63, 3.8) is 0 Å². The third-order valence-corrected chi connectivity index (χ3v) is 3.67. The lowest BCUT2D eigenvalue weighted by Gasteiger charge is -2.17. The molecule has 2 N–H and O–H groups in total. The maximum atomic E-state index is 13.5. The number of halogens is 3. The molecule has 0 spiro atoms. The first-order chi connectivity index (χ1) is 11.0. The molecule has 23 heavy (non-hydrogen) atoms. The van der Waals surface area contributed by atoms with Crippen molar-refractivity contribution in [2.45, 2.75) is 44.6 Å². The molecule has 8 heteroatoms. The standard InChI is InChI=1S/C15H19F3N2O3/c1-22-10-5-6-13(23-14(17)18)9(7-10)8-19-15(21)20-12-4-2-3-11(12)16/h5-7,11-12,14H,2-4,8H2,1H3,(H2,19,20,21)/t11-,12+/m1/s1. The second-order valence-electron chi connectivity index (χ2n) is 5.23. The van der Waals surface area contributed by atoms with Crippen molar-refractivity contribution < 1.29 is 27.4 Å². The summed E-state index contributed by atoms with van der Waals surface area (Å²) < 4.78 is 47.7. The van der Waals surface area contributed by atoms with E-state index in [1.165, 1.54) is 25.3 Å². The smallest absolute Gasteiger partial charge is 0.387 e. The zero-order valence-corrected chi connectivity index (χ0v) is 12.7. The summed E-state index contributed by atoms with van der Waals surface area (Å²) >= 11 is 0. The van der Waals surface area contributed by atoms with Gasteiger partial charge >= 0.3 is 12.6 Å². The molecule has 0 unspecified atom stereocenters. The highest BCUT2D eigenvalue weighted by atomic mass is 19.3. The largest absolute Gasteiger partial charge is 0.497 e. The van der Waals surface area contributed by atoms with E-state index in [0.717, 1.165) is 6.42 Å². The summed E-state index contributed by atoms with van der Waals surface area (Å²) in [6.07, 6.45) is 0.713. The molecule has 0 aliphatic heterocycles. The molecule has 1 aromatic rings. The molecular weight excluding hydrogens is 313 g/mol. The Morgan fingerprint density at radius 3 is 2.78 bits per heavy atom. The van der Waals surface area contributed by atoms with Crippen molar-refractivity contribution in [3.05, 3.63) is 23.8 Å². The fourth-order valence-corrected chi connectivity index (χ4v) is 2.50. The Kier molecular flexibility index (Phi) is 5.95. The van der Waals surface area contributed by atoms with E-state index in [-0.39, 0.29) is 12.3 Å². The third-order valence-electron chi connectivity index (χ3n) is 3.67. The van der Waals surface area contributed by atoms with Crippen molar-refractivity contribution in [1.29, 1.82) is 0 Å². The highest BCUT2D eigenvalue weighted by Gasteiger charge is 2.28. The summed E-state index contributed by atoms with van der Waals surface area (Å²) in [5, 5.41) is 5.06. The number of rotatable bonds is 6. The number of methoxy groups -OCH3 is 1. The van der Waals surface area contributed by atoms with Gasteiger partial charge in [0.1, 0.15) is 17.7 Å². The Labute approximate surface area is 132 Å². The maximum absolute atomic E-state index is 13.5. The zero-order chi connectivity index (χ0) is 16.8. The van der Waals surface area contributed by atoms with Crippen molar-refractivity contribution in [2.75, 3.05) is 7.11 Å². The molecule has 5 nitrogen and oxygen atoms in total. The predicted octanol–water partition coefficient (Wildman–Crippen LogP) is 2.99. The van der Waals surface area contributed by atoms with Crippen molar-refractivity contribution in [2.24, 2.45) is 0 Å². The van der Waals surface area contributed by atoms with Crippen LogP contribution in [-0.4, -0.2) is 32.0 Å². The van der Waals surface area contributed by atoms with E-state index in [4.69, 9.17) is 4.74 Å². The van der Waals surface area contributed by atoms with Gasteiger partial charge in [-0.2, -0.15) is 8.78 Å². The summed E-state index contributed by atoms with van der Waals surface area (Å²) in [5.41, 5.74) is 0.336. The van der Waals surface area contributed by atoms with E-state index in [0.29, 0.717) is 24.2 Å². The van der Waals surface area contributed by atoms with Crippen LogP contribution in [0.2, 0.25) is 0 Å². The molecule has 1 fully saturated rings. The topological polar surface area (TPSA) is 59.6 Å². The molecule has 128 valence electrons. The number of amides is 2. The minimum atomic E-state index is -2.97. The van der Waals surface area contributed by atoms with Crippen LogP contribution in [0, 0.1) is 0 Å². The monoisotopic (exact) mass is 332 g/mol. The molecule has 0 aromatic heterocycles. The van der Waals surface area contributed by atoms with Gasteiger partial charge in [0.25, 0.3) is 0 Å².